The smallest absolute Gasteiger partial charge is 0.254 e. The van der Waals surface area contributed by atoms with Crippen LogP contribution in [0.5, 0.6) is 0 Å². The first-order valence-corrected chi connectivity index (χ1v) is 7.30. The van der Waals surface area contributed by atoms with Gasteiger partial charge in [0, 0.05) is 23.5 Å². The third-order valence-corrected chi connectivity index (χ3v) is 4.71. The molecule has 2 N–H and O–H groups in total. The van der Waals surface area contributed by atoms with E-state index in [1.807, 2.05) is 4.90 Å². The summed E-state index contributed by atoms with van der Waals surface area (Å²) in [6.45, 7) is 1.44. The minimum atomic E-state index is 0.0141. The molecule has 0 fully saturated rings. The number of nitrogens with zero attached hydrogens (tertiary/aromatic N) is 1. The van der Waals surface area contributed by atoms with Crippen LogP contribution in [-0.4, -0.2) is 17.4 Å². The highest BCUT2D eigenvalue weighted by atomic mass is 35.5. The van der Waals surface area contributed by atoms with Gasteiger partial charge < -0.3 is 10.6 Å². The Morgan fingerprint density at radius 3 is 3.00 bits per heavy atom. The third-order valence-electron chi connectivity index (χ3n) is 3.34. The highest BCUT2D eigenvalue weighted by molar-refractivity contribution is 7.10. The molecule has 1 amide bonds. The van der Waals surface area contributed by atoms with Gasteiger partial charge in [-0.2, -0.15) is 0 Å². The lowest BCUT2D eigenvalue weighted by Crippen LogP contribution is -2.35. The number of carbonyl (C=O) groups is 1. The van der Waals surface area contributed by atoms with E-state index < -0.39 is 0 Å². The van der Waals surface area contributed by atoms with Gasteiger partial charge in [-0.25, -0.2) is 0 Å². The molecule has 1 aromatic heterocycles. The van der Waals surface area contributed by atoms with E-state index in [2.05, 4.69) is 11.4 Å². The van der Waals surface area contributed by atoms with Crippen LogP contribution in [0.15, 0.2) is 29.6 Å². The van der Waals surface area contributed by atoms with Crippen LogP contribution in [0.2, 0.25) is 5.02 Å². The summed E-state index contributed by atoms with van der Waals surface area (Å²) in [5.41, 5.74) is 8.05. The van der Waals surface area contributed by atoms with Gasteiger partial charge in [0.1, 0.15) is 0 Å². The molecular weight excluding hydrogens is 280 g/mol. The molecule has 0 atom stereocenters. The SMILES string of the molecule is Nc1cc(C(=O)N2CCc3sccc3C2)ccc1Cl. The van der Waals surface area contributed by atoms with E-state index in [0.29, 0.717) is 22.8 Å². The van der Waals surface area contributed by atoms with E-state index in [4.69, 9.17) is 17.3 Å². The summed E-state index contributed by atoms with van der Waals surface area (Å²) in [5.74, 6) is 0.0141. The van der Waals surface area contributed by atoms with Gasteiger partial charge in [-0.1, -0.05) is 11.6 Å². The summed E-state index contributed by atoms with van der Waals surface area (Å²) in [4.78, 5) is 15.7. The largest absolute Gasteiger partial charge is 0.398 e. The Kier molecular flexibility index (Phi) is 3.21. The molecule has 1 aromatic carbocycles. The number of thiophene rings is 1. The van der Waals surface area contributed by atoms with Gasteiger partial charge in [0.25, 0.3) is 5.91 Å². The second kappa shape index (κ2) is 4.87. The Morgan fingerprint density at radius 1 is 1.37 bits per heavy atom. The summed E-state index contributed by atoms with van der Waals surface area (Å²) in [6.07, 6.45) is 0.932. The van der Waals surface area contributed by atoms with Gasteiger partial charge >= 0.3 is 0 Å². The fourth-order valence-corrected chi connectivity index (χ4v) is 3.29. The van der Waals surface area contributed by atoms with Crippen molar-refractivity contribution in [1.29, 1.82) is 0 Å². The van der Waals surface area contributed by atoms with Crippen molar-refractivity contribution in [2.45, 2.75) is 13.0 Å². The van der Waals surface area contributed by atoms with E-state index in [1.54, 1.807) is 29.5 Å². The molecule has 0 saturated heterocycles. The maximum Gasteiger partial charge on any atom is 0.254 e. The van der Waals surface area contributed by atoms with Crippen LogP contribution in [0.1, 0.15) is 20.8 Å². The molecule has 3 rings (SSSR count). The zero-order valence-electron chi connectivity index (χ0n) is 10.2. The van der Waals surface area contributed by atoms with Gasteiger partial charge in [-0.15, -0.1) is 11.3 Å². The standard InChI is InChI=1S/C14H13ClN2OS/c15-11-2-1-9(7-12(11)16)14(18)17-5-3-13-10(8-17)4-6-19-13/h1-2,4,6-7H,3,5,8,16H2. The predicted octanol–water partition coefficient (Wildman–Crippen LogP) is 3.18. The fourth-order valence-electron chi connectivity index (χ4n) is 2.28. The number of anilines is 1. The first kappa shape index (κ1) is 12.5. The summed E-state index contributed by atoms with van der Waals surface area (Å²) < 4.78 is 0. The third kappa shape index (κ3) is 2.33. The Balaban J connectivity index is 1.83. The van der Waals surface area contributed by atoms with Crippen molar-refractivity contribution in [3.63, 3.8) is 0 Å². The zero-order valence-corrected chi connectivity index (χ0v) is 11.8. The van der Waals surface area contributed by atoms with Crippen LogP contribution in [0.3, 0.4) is 0 Å². The van der Waals surface area contributed by atoms with E-state index >= 15 is 0 Å². The van der Waals surface area contributed by atoms with Gasteiger partial charge in [-0.3, -0.25) is 4.79 Å². The second-order valence-corrected chi connectivity index (χ2v) is 5.99. The number of carbonyl (C=O) groups excluding carboxylic acids is 1. The number of nitrogens with two attached hydrogens (primary N) is 1. The van der Waals surface area contributed by atoms with Crippen molar-refractivity contribution in [3.8, 4) is 0 Å². The molecule has 1 aliphatic rings. The number of hydrogen-bond donors (Lipinski definition) is 1. The maximum absolute atomic E-state index is 12.4. The summed E-state index contributed by atoms with van der Waals surface area (Å²) >= 11 is 7.64. The summed E-state index contributed by atoms with van der Waals surface area (Å²) in [6, 6.07) is 7.14. The molecule has 1 aliphatic heterocycles. The number of nitrogen functional groups attached to an aromatic ring is 1. The Hall–Kier alpha value is -1.52. The van der Waals surface area contributed by atoms with E-state index in [1.165, 1.54) is 10.4 Å². The molecule has 2 heterocycles. The second-order valence-electron chi connectivity index (χ2n) is 4.58. The van der Waals surface area contributed by atoms with Crippen molar-refractivity contribution in [3.05, 3.63) is 50.7 Å². The van der Waals surface area contributed by atoms with Crippen LogP contribution >= 0.6 is 22.9 Å². The lowest BCUT2D eigenvalue weighted by molar-refractivity contribution is 0.0736. The average molecular weight is 293 g/mol. The average Bonchev–Trinajstić information content (AvgIpc) is 2.88. The summed E-state index contributed by atoms with van der Waals surface area (Å²) in [7, 11) is 0. The van der Waals surface area contributed by atoms with E-state index in [0.717, 1.165) is 13.0 Å². The molecule has 0 unspecified atom stereocenters. The van der Waals surface area contributed by atoms with Crippen LogP contribution in [0.4, 0.5) is 5.69 Å². The molecule has 3 nitrogen and oxygen atoms in total. The van der Waals surface area contributed by atoms with Crippen LogP contribution in [0, 0.1) is 0 Å². The van der Waals surface area contributed by atoms with Gasteiger partial charge in [0.2, 0.25) is 0 Å². The lowest BCUT2D eigenvalue weighted by atomic mass is 10.1. The normalized spacial score (nSPS) is 14.3. The molecule has 98 valence electrons. The number of halogens is 1. The van der Waals surface area contributed by atoms with Gasteiger partial charge in [0.05, 0.1) is 10.7 Å². The number of rotatable bonds is 1. The minimum Gasteiger partial charge on any atom is -0.398 e. The van der Waals surface area contributed by atoms with E-state index in [-0.39, 0.29) is 5.91 Å². The Morgan fingerprint density at radius 2 is 2.21 bits per heavy atom. The van der Waals surface area contributed by atoms with Crippen molar-refractivity contribution in [2.75, 3.05) is 12.3 Å². The minimum absolute atomic E-state index is 0.0141. The van der Waals surface area contributed by atoms with Crippen molar-refractivity contribution >= 4 is 34.5 Å². The van der Waals surface area contributed by atoms with Gasteiger partial charge in [-0.05, 0) is 41.6 Å². The maximum atomic E-state index is 12.4. The molecule has 0 radical (unpaired) electrons. The lowest BCUT2D eigenvalue weighted by Gasteiger charge is -2.27. The summed E-state index contributed by atoms with van der Waals surface area (Å²) in [5, 5.41) is 2.56. The quantitative estimate of drug-likeness (QED) is 0.821. The van der Waals surface area contributed by atoms with Crippen LogP contribution in [-0.2, 0) is 13.0 Å². The number of fused-ring (bicyclic) bond motifs is 1. The van der Waals surface area contributed by atoms with Crippen LogP contribution in [0.25, 0.3) is 0 Å². The molecule has 0 spiro atoms. The predicted molar refractivity (Wildman–Crippen MR) is 78.6 cm³/mol. The van der Waals surface area contributed by atoms with Crippen molar-refractivity contribution < 1.29 is 4.79 Å². The number of amides is 1. The highest BCUT2D eigenvalue weighted by Gasteiger charge is 2.22. The fraction of sp³-hybridized carbons (Fsp3) is 0.214. The van der Waals surface area contributed by atoms with Crippen LogP contribution < -0.4 is 5.73 Å². The zero-order chi connectivity index (χ0) is 13.4. The van der Waals surface area contributed by atoms with Crippen molar-refractivity contribution in [1.82, 2.24) is 4.90 Å². The van der Waals surface area contributed by atoms with Crippen molar-refractivity contribution in [2.24, 2.45) is 0 Å². The molecule has 19 heavy (non-hydrogen) atoms. The number of hydrogen-bond acceptors (Lipinski definition) is 3. The molecule has 0 bridgehead atoms. The molecule has 0 aliphatic carbocycles. The topological polar surface area (TPSA) is 46.3 Å². The van der Waals surface area contributed by atoms with Gasteiger partial charge in [0.15, 0.2) is 0 Å². The monoisotopic (exact) mass is 292 g/mol. The first-order chi connectivity index (χ1) is 9.15. The molecule has 2 aromatic rings. The molecular formula is C14H13ClN2OS. The highest BCUT2D eigenvalue weighted by Crippen LogP contribution is 2.26. The first-order valence-electron chi connectivity index (χ1n) is 6.04. The van der Waals surface area contributed by atoms with E-state index in [9.17, 15) is 4.79 Å². The molecule has 5 heteroatoms. The Bertz CT molecular complexity index is 638. The number of benzene rings is 1. The molecule has 0 saturated carbocycles. The Labute approximate surface area is 120 Å².